The van der Waals surface area contributed by atoms with Crippen molar-refractivity contribution < 1.29 is 9.63 Å². The highest BCUT2D eigenvalue weighted by atomic mass is 16.7. The summed E-state index contributed by atoms with van der Waals surface area (Å²) in [4.78, 5) is 15.3. The monoisotopic (exact) mass is 199 g/mol. The van der Waals surface area contributed by atoms with E-state index in [9.17, 15) is 4.79 Å². The van der Waals surface area contributed by atoms with E-state index in [4.69, 9.17) is 0 Å². The van der Waals surface area contributed by atoms with Crippen LogP contribution in [0.3, 0.4) is 0 Å². The lowest BCUT2D eigenvalue weighted by Gasteiger charge is -2.21. The molecule has 0 aromatic rings. The molecule has 14 heavy (non-hydrogen) atoms. The van der Waals surface area contributed by atoms with Gasteiger partial charge in [0.15, 0.2) is 0 Å². The van der Waals surface area contributed by atoms with E-state index in [0.717, 1.165) is 12.1 Å². The van der Waals surface area contributed by atoms with E-state index in [1.807, 2.05) is 0 Å². The molecule has 0 aromatic carbocycles. The number of hydrogen-bond donors (Lipinski definition) is 0. The van der Waals surface area contributed by atoms with Gasteiger partial charge in [0.05, 0.1) is 5.71 Å². The van der Waals surface area contributed by atoms with Crippen molar-refractivity contribution in [2.75, 3.05) is 0 Å². The molecule has 82 valence electrons. The molecule has 3 heteroatoms. The zero-order valence-corrected chi connectivity index (χ0v) is 10.0. The standard InChI is InChI=1S/C11H21NO2/c1-8(2)7-10(11(4,5)6)12-14-9(3)13/h8H,7H2,1-6H3/b12-10-. The van der Waals surface area contributed by atoms with Gasteiger partial charge in [0.25, 0.3) is 0 Å². The molecule has 3 nitrogen and oxygen atoms in total. The van der Waals surface area contributed by atoms with E-state index in [1.54, 1.807) is 0 Å². The maximum atomic E-state index is 10.6. The Bertz CT molecular complexity index is 224. The van der Waals surface area contributed by atoms with Crippen molar-refractivity contribution in [2.24, 2.45) is 16.5 Å². The number of nitrogens with zero attached hydrogens (tertiary/aromatic N) is 1. The molecule has 0 rings (SSSR count). The third-order valence-corrected chi connectivity index (χ3v) is 1.75. The first kappa shape index (κ1) is 13.1. The summed E-state index contributed by atoms with van der Waals surface area (Å²) in [7, 11) is 0. The van der Waals surface area contributed by atoms with Gasteiger partial charge in [0, 0.05) is 12.3 Å². The number of carbonyl (C=O) groups is 1. The van der Waals surface area contributed by atoms with Gasteiger partial charge in [0.2, 0.25) is 0 Å². The summed E-state index contributed by atoms with van der Waals surface area (Å²) in [5, 5.41) is 3.90. The third-order valence-electron chi connectivity index (χ3n) is 1.75. The van der Waals surface area contributed by atoms with Crippen molar-refractivity contribution in [1.29, 1.82) is 0 Å². The zero-order valence-electron chi connectivity index (χ0n) is 10.0. The molecule has 0 spiro atoms. The molecular weight excluding hydrogens is 178 g/mol. The van der Waals surface area contributed by atoms with Gasteiger partial charge in [-0.05, 0) is 12.3 Å². The molecule has 0 bridgehead atoms. The van der Waals surface area contributed by atoms with Gasteiger partial charge in [0.1, 0.15) is 0 Å². The number of carbonyl (C=O) groups excluding carboxylic acids is 1. The van der Waals surface area contributed by atoms with E-state index in [1.165, 1.54) is 6.92 Å². The molecule has 0 aliphatic heterocycles. The first-order valence-corrected chi connectivity index (χ1v) is 4.98. The number of oxime groups is 1. The lowest BCUT2D eigenvalue weighted by Crippen LogP contribution is -2.22. The predicted molar refractivity (Wildman–Crippen MR) is 58.1 cm³/mol. The Morgan fingerprint density at radius 2 is 1.86 bits per heavy atom. The molecule has 0 saturated heterocycles. The maximum Gasteiger partial charge on any atom is 0.331 e. The van der Waals surface area contributed by atoms with Gasteiger partial charge in [-0.2, -0.15) is 0 Å². The van der Waals surface area contributed by atoms with Crippen LogP contribution in [0.5, 0.6) is 0 Å². The first-order chi connectivity index (χ1) is 6.23. The summed E-state index contributed by atoms with van der Waals surface area (Å²) in [5.41, 5.74) is 0.891. The van der Waals surface area contributed by atoms with Crippen LogP contribution in [-0.4, -0.2) is 11.7 Å². The van der Waals surface area contributed by atoms with Crippen LogP contribution < -0.4 is 0 Å². The Hall–Kier alpha value is -0.860. The number of rotatable bonds is 3. The summed E-state index contributed by atoms with van der Waals surface area (Å²) in [6.07, 6.45) is 0.858. The molecular formula is C11H21NO2. The van der Waals surface area contributed by atoms with Crippen LogP contribution >= 0.6 is 0 Å². The fourth-order valence-electron chi connectivity index (χ4n) is 0.986. The third kappa shape index (κ3) is 5.73. The quantitative estimate of drug-likeness (QED) is 0.398. The van der Waals surface area contributed by atoms with Crippen molar-refractivity contribution >= 4 is 11.7 Å². The first-order valence-electron chi connectivity index (χ1n) is 4.98. The molecule has 0 radical (unpaired) electrons. The molecule has 0 atom stereocenters. The van der Waals surface area contributed by atoms with Crippen LogP contribution in [0.15, 0.2) is 5.16 Å². The van der Waals surface area contributed by atoms with Gasteiger partial charge >= 0.3 is 5.97 Å². The van der Waals surface area contributed by atoms with Gasteiger partial charge in [-0.15, -0.1) is 0 Å². The van der Waals surface area contributed by atoms with Crippen LogP contribution in [0.1, 0.15) is 48.0 Å². The molecule has 0 aliphatic rings. The Balaban J connectivity index is 4.55. The SMILES string of the molecule is CC(=O)O/N=C(/CC(C)C)C(C)(C)C. The smallest absolute Gasteiger partial charge is 0.319 e. The van der Waals surface area contributed by atoms with Crippen molar-refractivity contribution in [2.45, 2.75) is 48.0 Å². The van der Waals surface area contributed by atoms with Gasteiger partial charge in [-0.25, -0.2) is 4.79 Å². The van der Waals surface area contributed by atoms with Gasteiger partial charge in [-0.3, -0.25) is 0 Å². The van der Waals surface area contributed by atoms with Crippen molar-refractivity contribution in [3.8, 4) is 0 Å². The fourth-order valence-corrected chi connectivity index (χ4v) is 0.986. The van der Waals surface area contributed by atoms with E-state index in [2.05, 4.69) is 44.6 Å². The molecule has 0 aromatic heterocycles. The zero-order chi connectivity index (χ0) is 11.4. The molecule has 0 amide bonds. The van der Waals surface area contributed by atoms with Gasteiger partial charge < -0.3 is 4.84 Å². The summed E-state index contributed by atoms with van der Waals surface area (Å²) in [5.74, 6) is 0.152. The molecule has 0 aliphatic carbocycles. The lowest BCUT2D eigenvalue weighted by atomic mass is 9.85. The molecule has 0 N–H and O–H groups in total. The Kier molecular flexibility index (Phi) is 4.81. The van der Waals surface area contributed by atoms with E-state index in [0.29, 0.717) is 5.92 Å². The maximum absolute atomic E-state index is 10.6. The Labute approximate surface area is 86.5 Å². The average molecular weight is 199 g/mol. The van der Waals surface area contributed by atoms with E-state index < -0.39 is 0 Å². The molecule has 0 heterocycles. The second kappa shape index (κ2) is 5.13. The highest BCUT2D eigenvalue weighted by Crippen LogP contribution is 2.21. The van der Waals surface area contributed by atoms with Crippen molar-refractivity contribution in [3.05, 3.63) is 0 Å². The second-order valence-corrected chi connectivity index (χ2v) is 4.97. The molecule has 0 unspecified atom stereocenters. The summed E-state index contributed by atoms with van der Waals surface area (Å²) in [6.45, 7) is 11.8. The normalized spacial score (nSPS) is 13.2. The molecule has 0 fully saturated rings. The van der Waals surface area contributed by atoms with Crippen molar-refractivity contribution in [1.82, 2.24) is 0 Å². The lowest BCUT2D eigenvalue weighted by molar-refractivity contribution is -0.141. The van der Waals surface area contributed by atoms with Gasteiger partial charge in [-0.1, -0.05) is 39.8 Å². The number of hydrogen-bond acceptors (Lipinski definition) is 3. The van der Waals surface area contributed by atoms with Crippen LogP contribution in [0.2, 0.25) is 0 Å². The van der Waals surface area contributed by atoms with Crippen LogP contribution in [-0.2, 0) is 9.63 Å². The van der Waals surface area contributed by atoms with Crippen LogP contribution in [0.25, 0.3) is 0 Å². The molecule has 0 saturated carbocycles. The summed E-state index contributed by atoms with van der Waals surface area (Å²) in [6, 6.07) is 0. The average Bonchev–Trinajstić information content (AvgIpc) is 1.94. The predicted octanol–water partition coefficient (Wildman–Crippen LogP) is 3.00. The van der Waals surface area contributed by atoms with Crippen LogP contribution in [0.4, 0.5) is 0 Å². The minimum absolute atomic E-state index is 0.0419. The minimum atomic E-state index is -0.365. The van der Waals surface area contributed by atoms with Crippen LogP contribution in [0, 0.1) is 11.3 Å². The fraction of sp³-hybridized carbons (Fsp3) is 0.818. The summed E-state index contributed by atoms with van der Waals surface area (Å²) >= 11 is 0. The Morgan fingerprint density at radius 3 is 2.14 bits per heavy atom. The second-order valence-electron chi connectivity index (χ2n) is 4.97. The highest BCUT2D eigenvalue weighted by Gasteiger charge is 2.20. The minimum Gasteiger partial charge on any atom is -0.319 e. The highest BCUT2D eigenvalue weighted by molar-refractivity contribution is 5.89. The van der Waals surface area contributed by atoms with E-state index in [-0.39, 0.29) is 11.4 Å². The summed E-state index contributed by atoms with van der Waals surface area (Å²) < 4.78 is 0. The topological polar surface area (TPSA) is 38.7 Å². The van der Waals surface area contributed by atoms with E-state index >= 15 is 0 Å². The Morgan fingerprint density at radius 1 is 1.36 bits per heavy atom. The van der Waals surface area contributed by atoms with Crippen molar-refractivity contribution in [3.63, 3.8) is 0 Å². The largest absolute Gasteiger partial charge is 0.331 e.